The first-order chi connectivity index (χ1) is 14.8. The van der Waals surface area contributed by atoms with E-state index in [0.29, 0.717) is 49.3 Å². The maximum absolute atomic E-state index is 6.23. The molecule has 1 aromatic heterocycles. The highest BCUT2D eigenvalue weighted by Gasteiger charge is 2.31. The first kappa shape index (κ1) is 19.8. The van der Waals surface area contributed by atoms with Crippen LogP contribution in [0.4, 0.5) is 0 Å². The van der Waals surface area contributed by atoms with Crippen LogP contribution in [-0.4, -0.2) is 48.1 Å². The predicted molar refractivity (Wildman–Crippen MR) is 113 cm³/mol. The van der Waals surface area contributed by atoms with Gasteiger partial charge in [0.1, 0.15) is 23.6 Å². The van der Waals surface area contributed by atoms with Gasteiger partial charge in [-0.2, -0.15) is 0 Å². The predicted octanol–water partition coefficient (Wildman–Crippen LogP) is 4.19. The van der Waals surface area contributed by atoms with Gasteiger partial charge in [-0.1, -0.05) is 0 Å². The lowest BCUT2D eigenvalue weighted by Gasteiger charge is -2.30. The van der Waals surface area contributed by atoms with E-state index in [0.717, 1.165) is 5.56 Å². The van der Waals surface area contributed by atoms with E-state index in [-0.39, 0.29) is 0 Å². The SMILES string of the molecule is CCOCCC1(Oc2ccc(Oc3ccc(-c4nnco4)cc3)cc2)C=NC=NC1. The van der Waals surface area contributed by atoms with Crippen LogP contribution < -0.4 is 9.47 Å². The Hall–Kier alpha value is -3.52. The van der Waals surface area contributed by atoms with E-state index < -0.39 is 5.60 Å². The molecule has 30 heavy (non-hydrogen) atoms. The van der Waals surface area contributed by atoms with Crippen LogP contribution in [0.5, 0.6) is 17.2 Å². The molecule has 8 nitrogen and oxygen atoms in total. The minimum Gasteiger partial charge on any atom is -0.480 e. The number of benzene rings is 2. The molecule has 1 atom stereocenters. The number of nitrogens with zero attached hydrogens (tertiary/aromatic N) is 4. The second-order valence-corrected chi connectivity index (χ2v) is 6.69. The third kappa shape index (κ3) is 4.90. The van der Waals surface area contributed by atoms with Gasteiger partial charge in [0.25, 0.3) is 0 Å². The molecule has 0 amide bonds. The summed E-state index contributed by atoms with van der Waals surface area (Å²) in [5.74, 6) is 2.59. The van der Waals surface area contributed by atoms with E-state index in [1.54, 1.807) is 12.6 Å². The standard InChI is InChI=1S/C22H22N4O4/c1-2-27-12-11-22(13-23-15-24-14-22)30-20-9-7-19(8-10-20)29-18-5-3-17(4-6-18)21-26-25-16-28-21/h3-10,13,15-16H,2,11-12,14H2,1H3. The molecule has 0 radical (unpaired) electrons. The average molecular weight is 406 g/mol. The Bertz CT molecular complexity index is 985. The Morgan fingerprint density at radius 3 is 2.37 bits per heavy atom. The summed E-state index contributed by atoms with van der Waals surface area (Å²) in [6.45, 7) is 3.73. The van der Waals surface area contributed by atoms with Gasteiger partial charge in [0.2, 0.25) is 12.3 Å². The van der Waals surface area contributed by atoms with E-state index in [9.17, 15) is 0 Å². The van der Waals surface area contributed by atoms with Crippen LogP contribution in [0, 0.1) is 0 Å². The molecule has 8 heteroatoms. The molecule has 3 aromatic rings. The molecule has 0 spiro atoms. The van der Waals surface area contributed by atoms with Gasteiger partial charge in [-0.3, -0.25) is 4.99 Å². The monoisotopic (exact) mass is 406 g/mol. The molecule has 1 aliphatic heterocycles. The fourth-order valence-electron chi connectivity index (χ4n) is 3.01. The molecule has 2 aromatic carbocycles. The lowest BCUT2D eigenvalue weighted by Crippen LogP contribution is -2.43. The van der Waals surface area contributed by atoms with E-state index in [1.165, 1.54) is 6.39 Å². The van der Waals surface area contributed by atoms with Crippen molar-refractivity contribution >= 4 is 12.6 Å². The van der Waals surface area contributed by atoms with Crippen LogP contribution in [-0.2, 0) is 4.74 Å². The molecule has 0 saturated carbocycles. The molecule has 1 aliphatic rings. The second-order valence-electron chi connectivity index (χ2n) is 6.69. The van der Waals surface area contributed by atoms with Crippen molar-refractivity contribution in [1.29, 1.82) is 0 Å². The zero-order chi connectivity index (χ0) is 20.7. The second kappa shape index (κ2) is 9.32. The highest BCUT2D eigenvalue weighted by Crippen LogP contribution is 2.28. The topological polar surface area (TPSA) is 91.3 Å². The summed E-state index contributed by atoms with van der Waals surface area (Å²) in [5, 5.41) is 7.57. The fraction of sp³-hybridized carbons (Fsp3) is 0.273. The molecule has 0 fully saturated rings. The smallest absolute Gasteiger partial charge is 0.247 e. The van der Waals surface area contributed by atoms with Gasteiger partial charge in [-0.25, -0.2) is 4.99 Å². The maximum atomic E-state index is 6.23. The van der Waals surface area contributed by atoms with Crippen molar-refractivity contribution in [3.8, 4) is 28.7 Å². The van der Waals surface area contributed by atoms with Crippen LogP contribution in [0.15, 0.2) is 69.3 Å². The lowest BCUT2D eigenvalue weighted by molar-refractivity contribution is 0.0771. The fourth-order valence-corrected chi connectivity index (χ4v) is 3.01. The first-order valence-corrected chi connectivity index (χ1v) is 9.70. The number of aromatic nitrogens is 2. The van der Waals surface area contributed by atoms with Crippen molar-refractivity contribution in [3.05, 3.63) is 54.9 Å². The molecule has 0 bridgehead atoms. The third-order valence-corrected chi connectivity index (χ3v) is 4.53. The van der Waals surface area contributed by atoms with Crippen LogP contribution in [0.2, 0.25) is 0 Å². The van der Waals surface area contributed by atoms with Crippen LogP contribution >= 0.6 is 0 Å². The van der Waals surface area contributed by atoms with Crippen molar-refractivity contribution in [2.75, 3.05) is 19.8 Å². The van der Waals surface area contributed by atoms with Gasteiger partial charge in [-0.15, -0.1) is 10.2 Å². The van der Waals surface area contributed by atoms with Gasteiger partial charge < -0.3 is 18.6 Å². The number of rotatable bonds is 9. The van der Waals surface area contributed by atoms with E-state index in [2.05, 4.69) is 20.2 Å². The van der Waals surface area contributed by atoms with Crippen LogP contribution in [0.1, 0.15) is 13.3 Å². The van der Waals surface area contributed by atoms with Crippen molar-refractivity contribution < 1.29 is 18.6 Å². The summed E-state index contributed by atoms with van der Waals surface area (Å²) in [6.07, 6.45) is 5.32. The quantitative estimate of drug-likeness (QED) is 0.495. The average Bonchev–Trinajstić information content (AvgIpc) is 3.32. The van der Waals surface area contributed by atoms with Crippen molar-refractivity contribution in [2.45, 2.75) is 18.9 Å². The molecule has 2 heterocycles. The van der Waals surface area contributed by atoms with Crippen molar-refractivity contribution in [1.82, 2.24) is 10.2 Å². The molecular formula is C22H22N4O4. The van der Waals surface area contributed by atoms with E-state index in [1.807, 2.05) is 55.5 Å². The summed E-state index contributed by atoms with van der Waals surface area (Å²) in [5.41, 5.74) is 0.231. The Kier molecular flexibility index (Phi) is 6.14. The minimum absolute atomic E-state index is 0.469. The Morgan fingerprint density at radius 1 is 1.00 bits per heavy atom. The summed E-state index contributed by atoms with van der Waals surface area (Å²) < 4.78 is 22.8. The normalized spacial score (nSPS) is 17.8. The zero-order valence-electron chi connectivity index (χ0n) is 16.6. The molecule has 4 rings (SSSR count). The number of aliphatic imine (C=N–C) groups is 2. The minimum atomic E-state index is -0.600. The molecule has 0 N–H and O–H groups in total. The van der Waals surface area contributed by atoms with Gasteiger partial charge >= 0.3 is 0 Å². The zero-order valence-corrected chi connectivity index (χ0v) is 16.6. The highest BCUT2D eigenvalue weighted by atomic mass is 16.5. The Morgan fingerprint density at radius 2 is 1.73 bits per heavy atom. The third-order valence-electron chi connectivity index (χ3n) is 4.53. The molecule has 154 valence electrons. The van der Waals surface area contributed by atoms with Crippen molar-refractivity contribution in [3.63, 3.8) is 0 Å². The summed E-state index contributed by atoms with van der Waals surface area (Å²) >= 11 is 0. The molecule has 1 unspecified atom stereocenters. The number of hydrogen-bond acceptors (Lipinski definition) is 8. The summed E-state index contributed by atoms with van der Waals surface area (Å²) in [4.78, 5) is 8.43. The van der Waals surface area contributed by atoms with Gasteiger partial charge in [0.15, 0.2) is 5.60 Å². The van der Waals surface area contributed by atoms with E-state index in [4.69, 9.17) is 18.6 Å². The molecule has 0 aliphatic carbocycles. The Balaban J connectivity index is 1.39. The van der Waals surface area contributed by atoms with Crippen LogP contribution in [0.25, 0.3) is 11.5 Å². The molecular weight excluding hydrogens is 384 g/mol. The summed E-state index contributed by atoms with van der Waals surface area (Å²) in [7, 11) is 0. The number of ether oxygens (including phenoxy) is 3. The highest BCUT2D eigenvalue weighted by molar-refractivity contribution is 5.81. The summed E-state index contributed by atoms with van der Waals surface area (Å²) in [6, 6.07) is 14.9. The van der Waals surface area contributed by atoms with Gasteiger partial charge in [0, 0.05) is 18.6 Å². The maximum Gasteiger partial charge on any atom is 0.247 e. The first-order valence-electron chi connectivity index (χ1n) is 9.70. The van der Waals surface area contributed by atoms with Gasteiger partial charge in [0.05, 0.1) is 19.4 Å². The Labute approximate surface area is 174 Å². The van der Waals surface area contributed by atoms with E-state index >= 15 is 0 Å². The van der Waals surface area contributed by atoms with Gasteiger partial charge in [-0.05, 0) is 55.5 Å². The molecule has 0 saturated heterocycles. The van der Waals surface area contributed by atoms with Crippen LogP contribution in [0.3, 0.4) is 0 Å². The lowest BCUT2D eigenvalue weighted by atomic mass is 10.0. The largest absolute Gasteiger partial charge is 0.480 e. The van der Waals surface area contributed by atoms with Crippen molar-refractivity contribution in [2.24, 2.45) is 9.98 Å². The number of hydrogen-bond donors (Lipinski definition) is 0.